The summed E-state index contributed by atoms with van der Waals surface area (Å²) in [6.07, 6.45) is 1.59. The van der Waals surface area contributed by atoms with Gasteiger partial charge in [-0.3, -0.25) is 0 Å². The fourth-order valence-corrected chi connectivity index (χ4v) is 1.16. The molecule has 0 N–H and O–H groups in total. The van der Waals surface area contributed by atoms with Gasteiger partial charge in [0, 0.05) is 17.5 Å². The molecule has 0 bridgehead atoms. The lowest BCUT2D eigenvalue weighted by Gasteiger charge is -1.94. The molecule has 2 rings (SSSR count). The lowest BCUT2D eigenvalue weighted by Crippen LogP contribution is -1.74. The Hall–Kier alpha value is -1.28. The molecule has 2 nitrogen and oxygen atoms in total. The summed E-state index contributed by atoms with van der Waals surface area (Å²) in [6, 6.07) is 7.30. The third-order valence-corrected chi connectivity index (χ3v) is 1.90. The third-order valence-electron chi connectivity index (χ3n) is 1.64. The van der Waals surface area contributed by atoms with Gasteiger partial charge in [0.1, 0.15) is 5.76 Å². The Kier molecular flexibility index (Phi) is 2.07. The lowest BCUT2D eigenvalue weighted by molar-refractivity contribution is 0.557. The van der Waals surface area contributed by atoms with Crippen LogP contribution in [-0.2, 0) is 0 Å². The summed E-state index contributed by atoms with van der Waals surface area (Å²) >= 11 is 5.74. The molecule has 0 fully saturated rings. The van der Waals surface area contributed by atoms with E-state index in [0.29, 0.717) is 16.7 Å². The van der Waals surface area contributed by atoms with Crippen LogP contribution in [0.15, 0.2) is 34.9 Å². The zero-order valence-corrected chi connectivity index (χ0v) is 7.58. The first-order chi connectivity index (χ1) is 6.25. The normalized spacial score (nSPS) is 10.3. The molecule has 1 aromatic heterocycles. The highest BCUT2D eigenvalue weighted by Gasteiger charge is 2.02. The second-order valence-corrected chi connectivity index (χ2v) is 3.08. The van der Waals surface area contributed by atoms with E-state index in [4.69, 9.17) is 16.0 Å². The molecule has 0 spiro atoms. The average molecular weight is 193 g/mol. The van der Waals surface area contributed by atoms with Crippen molar-refractivity contribution in [3.8, 4) is 11.5 Å². The summed E-state index contributed by atoms with van der Waals surface area (Å²) in [5, 5.41) is 0.699. The summed E-state index contributed by atoms with van der Waals surface area (Å²) in [6.45, 7) is 3.63. The minimum Gasteiger partial charge on any atom is -0.441 e. The number of hydrogen-bond donors (Lipinski definition) is 0. The van der Waals surface area contributed by atoms with Crippen LogP contribution < -0.4 is 0 Å². The monoisotopic (exact) mass is 192 g/mol. The largest absolute Gasteiger partial charge is 0.441 e. The van der Waals surface area contributed by atoms with Crippen LogP contribution in [-0.4, -0.2) is 4.98 Å². The molecule has 0 aliphatic heterocycles. The molecule has 0 atom stereocenters. The number of nitrogens with zero attached hydrogens (tertiary/aromatic N) is 1. The molecule has 1 heterocycles. The predicted octanol–water partition coefficient (Wildman–Crippen LogP) is 3.18. The van der Waals surface area contributed by atoms with Crippen LogP contribution in [0.5, 0.6) is 0 Å². The number of aromatic nitrogens is 1. The lowest BCUT2D eigenvalue weighted by atomic mass is 10.2. The van der Waals surface area contributed by atoms with Crippen LogP contribution in [0.3, 0.4) is 0 Å². The summed E-state index contributed by atoms with van der Waals surface area (Å²) in [5.74, 6) is 1.13. The standard InChI is InChI=1S/C10H7ClNO/c1-7-6-12-10(13-7)8-2-4-9(11)5-3-8/h2-6H,1H2. The van der Waals surface area contributed by atoms with E-state index in [0.717, 1.165) is 5.56 Å². The van der Waals surface area contributed by atoms with Gasteiger partial charge in [0.05, 0.1) is 6.20 Å². The van der Waals surface area contributed by atoms with Crippen molar-refractivity contribution in [2.24, 2.45) is 0 Å². The van der Waals surface area contributed by atoms with Gasteiger partial charge in [-0.1, -0.05) is 11.6 Å². The second-order valence-electron chi connectivity index (χ2n) is 2.64. The molecule has 1 radical (unpaired) electrons. The second kappa shape index (κ2) is 3.23. The number of halogens is 1. The van der Waals surface area contributed by atoms with Crippen molar-refractivity contribution in [2.45, 2.75) is 0 Å². The van der Waals surface area contributed by atoms with E-state index in [1.165, 1.54) is 0 Å². The van der Waals surface area contributed by atoms with Crippen molar-refractivity contribution in [1.29, 1.82) is 0 Å². The Morgan fingerprint density at radius 1 is 1.23 bits per heavy atom. The number of oxazole rings is 1. The van der Waals surface area contributed by atoms with Crippen molar-refractivity contribution in [1.82, 2.24) is 4.98 Å². The highest BCUT2D eigenvalue weighted by molar-refractivity contribution is 6.30. The Bertz CT molecular complexity index is 405. The van der Waals surface area contributed by atoms with E-state index < -0.39 is 0 Å². The SMILES string of the molecule is [CH2]c1cnc(-c2ccc(Cl)cc2)o1. The van der Waals surface area contributed by atoms with E-state index in [9.17, 15) is 0 Å². The third kappa shape index (κ3) is 1.73. The highest BCUT2D eigenvalue weighted by Crippen LogP contribution is 2.20. The molecule has 2 aromatic rings. The molecule has 0 aliphatic rings. The Balaban J connectivity index is 2.41. The topological polar surface area (TPSA) is 26.0 Å². The van der Waals surface area contributed by atoms with E-state index in [1.807, 2.05) is 12.1 Å². The van der Waals surface area contributed by atoms with Gasteiger partial charge in [0.25, 0.3) is 0 Å². The molecule has 1 aromatic carbocycles. The Labute approximate surface area is 81.2 Å². The van der Waals surface area contributed by atoms with Crippen molar-refractivity contribution in [2.75, 3.05) is 0 Å². The number of hydrogen-bond acceptors (Lipinski definition) is 2. The molecular weight excluding hydrogens is 186 g/mol. The van der Waals surface area contributed by atoms with Crippen LogP contribution in [0.1, 0.15) is 5.76 Å². The van der Waals surface area contributed by atoms with E-state index in [-0.39, 0.29) is 0 Å². The van der Waals surface area contributed by atoms with Crippen LogP contribution in [0.4, 0.5) is 0 Å². The van der Waals surface area contributed by atoms with E-state index >= 15 is 0 Å². The minimum absolute atomic E-state index is 0.560. The fraction of sp³-hybridized carbons (Fsp3) is 0. The Morgan fingerprint density at radius 2 is 1.92 bits per heavy atom. The van der Waals surface area contributed by atoms with Crippen LogP contribution >= 0.6 is 11.6 Å². The van der Waals surface area contributed by atoms with Crippen LogP contribution in [0.2, 0.25) is 5.02 Å². The van der Waals surface area contributed by atoms with Gasteiger partial charge in [-0.15, -0.1) is 0 Å². The molecule has 0 saturated heterocycles. The predicted molar refractivity (Wildman–Crippen MR) is 51.4 cm³/mol. The van der Waals surface area contributed by atoms with Crippen molar-refractivity contribution >= 4 is 11.6 Å². The van der Waals surface area contributed by atoms with E-state index in [1.54, 1.807) is 18.3 Å². The van der Waals surface area contributed by atoms with Gasteiger partial charge in [-0.2, -0.15) is 0 Å². The van der Waals surface area contributed by atoms with E-state index in [2.05, 4.69) is 11.9 Å². The molecular formula is C10H7ClNO. The molecule has 0 amide bonds. The molecule has 13 heavy (non-hydrogen) atoms. The quantitative estimate of drug-likeness (QED) is 0.694. The summed E-state index contributed by atoms with van der Waals surface area (Å²) < 4.78 is 5.24. The number of benzene rings is 1. The molecule has 0 saturated carbocycles. The van der Waals surface area contributed by atoms with Gasteiger partial charge in [-0.25, -0.2) is 4.98 Å². The zero-order chi connectivity index (χ0) is 9.26. The minimum atomic E-state index is 0.560. The van der Waals surface area contributed by atoms with Gasteiger partial charge in [0.2, 0.25) is 5.89 Å². The summed E-state index contributed by atoms with van der Waals surface area (Å²) in [7, 11) is 0. The van der Waals surface area contributed by atoms with Crippen LogP contribution in [0.25, 0.3) is 11.5 Å². The fourth-order valence-electron chi connectivity index (χ4n) is 1.03. The number of rotatable bonds is 1. The Morgan fingerprint density at radius 3 is 2.46 bits per heavy atom. The first kappa shape index (κ1) is 8.32. The van der Waals surface area contributed by atoms with Gasteiger partial charge in [0.15, 0.2) is 0 Å². The smallest absolute Gasteiger partial charge is 0.226 e. The maximum Gasteiger partial charge on any atom is 0.226 e. The summed E-state index contributed by atoms with van der Waals surface area (Å²) in [4.78, 5) is 4.04. The summed E-state index contributed by atoms with van der Waals surface area (Å²) in [5.41, 5.74) is 0.902. The molecule has 0 aliphatic carbocycles. The van der Waals surface area contributed by atoms with Crippen LogP contribution in [0, 0.1) is 6.92 Å². The molecule has 65 valence electrons. The maximum atomic E-state index is 5.74. The maximum absolute atomic E-state index is 5.74. The first-order valence-electron chi connectivity index (χ1n) is 3.79. The molecule has 3 heteroatoms. The highest BCUT2D eigenvalue weighted by atomic mass is 35.5. The first-order valence-corrected chi connectivity index (χ1v) is 4.17. The van der Waals surface area contributed by atoms with Gasteiger partial charge < -0.3 is 4.42 Å². The van der Waals surface area contributed by atoms with Gasteiger partial charge >= 0.3 is 0 Å². The van der Waals surface area contributed by atoms with Gasteiger partial charge in [-0.05, 0) is 24.3 Å². The van der Waals surface area contributed by atoms with Crippen molar-refractivity contribution in [3.05, 3.63) is 48.2 Å². The van der Waals surface area contributed by atoms with Crippen molar-refractivity contribution < 1.29 is 4.42 Å². The molecule has 0 unspecified atom stereocenters. The zero-order valence-electron chi connectivity index (χ0n) is 6.83. The van der Waals surface area contributed by atoms with Crippen molar-refractivity contribution in [3.63, 3.8) is 0 Å². The average Bonchev–Trinajstić information content (AvgIpc) is 2.53.